The Morgan fingerprint density at radius 2 is 1.84 bits per heavy atom. The van der Waals surface area contributed by atoms with Gasteiger partial charge < -0.3 is 5.32 Å². The molecule has 2 aromatic carbocycles. The second-order valence-corrected chi connectivity index (χ2v) is 5.09. The smallest absolute Gasteiger partial charge is 0.123 e. The van der Waals surface area contributed by atoms with Crippen LogP contribution in [0.25, 0.3) is 0 Å². The molecule has 0 amide bonds. The third kappa shape index (κ3) is 3.55. The van der Waals surface area contributed by atoms with Gasteiger partial charge in [0.25, 0.3) is 0 Å². The molecule has 2 aromatic rings. The zero-order valence-corrected chi connectivity index (χ0v) is 11.8. The van der Waals surface area contributed by atoms with E-state index in [4.69, 9.17) is 11.6 Å². The number of likely N-dealkylation sites (N-methyl/N-ethyl adjacent to an activating group) is 1. The molecule has 0 bridgehead atoms. The molecule has 1 nitrogen and oxygen atoms in total. The molecular weight excluding hydrogens is 261 g/mol. The van der Waals surface area contributed by atoms with Gasteiger partial charge in [-0.15, -0.1) is 0 Å². The molecule has 1 unspecified atom stereocenters. The van der Waals surface area contributed by atoms with Crippen LogP contribution in [0.4, 0.5) is 4.39 Å². The molecule has 0 aromatic heterocycles. The van der Waals surface area contributed by atoms with Crippen molar-refractivity contribution in [2.24, 2.45) is 0 Å². The van der Waals surface area contributed by atoms with E-state index in [-0.39, 0.29) is 11.9 Å². The molecule has 0 aliphatic heterocycles. The van der Waals surface area contributed by atoms with Crippen LogP contribution in [0.5, 0.6) is 0 Å². The van der Waals surface area contributed by atoms with Crippen LogP contribution in [-0.2, 0) is 6.42 Å². The van der Waals surface area contributed by atoms with Gasteiger partial charge in [-0.25, -0.2) is 4.39 Å². The Labute approximate surface area is 118 Å². The van der Waals surface area contributed by atoms with E-state index in [1.165, 1.54) is 17.7 Å². The summed E-state index contributed by atoms with van der Waals surface area (Å²) in [4.78, 5) is 0. The molecule has 0 radical (unpaired) electrons. The van der Waals surface area contributed by atoms with E-state index < -0.39 is 0 Å². The summed E-state index contributed by atoms with van der Waals surface area (Å²) in [5.41, 5.74) is 3.36. The minimum atomic E-state index is -0.202. The highest BCUT2D eigenvalue weighted by molar-refractivity contribution is 6.31. The van der Waals surface area contributed by atoms with Crippen LogP contribution in [0.15, 0.2) is 42.5 Å². The van der Waals surface area contributed by atoms with Crippen LogP contribution in [0.1, 0.15) is 22.7 Å². The summed E-state index contributed by atoms with van der Waals surface area (Å²) in [6.07, 6.45) is 0.817. The van der Waals surface area contributed by atoms with Crippen molar-refractivity contribution in [3.8, 4) is 0 Å². The van der Waals surface area contributed by atoms with Gasteiger partial charge in [0, 0.05) is 11.1 Å². The molecule has 100 valence electrons. The normalized spacial score (nSPS) is 12.4. The van der Waals surface area contributed by atoms with Gasteiger partial charge in [0.05, 0.1) is 0 Å². The van der Waals surface area contributed by atoms with E-state index in [0.717, 1.165) is 22.6 Å². The summed E-state index contributed by atoms with van der Waals surface area (Å²) >= 11 is 6.04. The van der Waals surface area contributed by atoms with Crippen LogP contribution in [0, 0.1) is 12.7 Å². The average molecular weight is 278 g/mol. The van der Waals surface area contributed by atoms with Gasteiger partial charge in [-0.1, -0.05) is 35.9 Å². The summed E-state index contributed by atoms with van der Waals surface area (Å²) < 4.78 is 12.9. The maximum Gasteiger partial charge on any atom is 0.123 e. The molecular formula is C16H17ClFN. The summed E-state index contributed by atoms with van der Waals surface area (Å²) in [5, 5.41) is 4.07. The first-order valence-corrected chi connectivity index (χ1v) is 6.65. The van der Waals surface area contributed by atoms with Crippen LogP contribution >= 0.6 is 11.6 Å². The van der Waals surface area contributed by atoms with Gasteiger partial charge in [0.2, 0.25) is 0 Å². The molecule has 0 saturated heterocycles. The van der Waals surface area contributed by atoms with Crippen molar-refractivity contribution in [3.63, 3.8) is 0 Å². The molecule has 2 rings (SSSR count). The summed E-state index contributed by atoms with van der Waals surface area (Å²) in [7, 11) is 1.93. The lowest BCUT2D eigenvalue weighted by atomic mass is 9.98. The Bertz CT molecular complexity index is 551. The monoisotopic (exact) mass is 277 g/mol. The number of hydrogen-bond acceptors (Lipinski definition) is 1. The number of hydrogen-bond donors (Lipinski definition) is 1. The Morgan fingerprint density at radius 1 is 1.16 bits per heavy atom. The topological polar surface area (TPSA) is 12.0 Å². The first-order valence-electron chi connectivity index (χ1n) is 6.28. The second kappa shape index (κ2) is 6.18. The number of aryl methyl sites for hydroxylation is 1. The Balaban J connectivity index is 2.19. The molecule has 1 atom stereocenters. The highest BCUT2D eigenvalue weighted by Gasteiger charge is 2.11. The second-order valence-electron chi connectivity index (χ2n) is 4.68. The standard InChI is InChI=1S/C16H17ClFN/c1-11-9-13(5-8-15(11)17)16(19-2)10-12-3-6-14(18)7-4-12/h3-9,16,19H,10H2,1-2H3. The highest BCUT2D eigenvalue weighted by Crippen LogP contribution is 2.23. The lowest BCUT2D eigenvalue weighted by molar-refractivity contribution is 0.588. The van der Waals surface area contributed by atoms with E-state index in [2.05, 4.69) is 11.4 Å². The predicted octanol–water partition coefficient (Wildman–Crippen LogP) is 4.29. The van der Waals surface area contributed by atoms with Crippen molar-refractivity contribution in [2.45, 2.75) is 19.4 Å². The van der Waals surface area contributed by atoms with Crippen molar-refractivity contribution >= 4 is 11.6 Å². The lowest BCUT2D eigenvalue weighted by Crippen LogP contribution is -2.19. The van der Waals surface area contributed by atoms with Gasteiger partial charge in [0.1, 0.15) is 5.82 Å². The molecule has 0 heterocycles. The lowest BCUT2D eigenvalue weighted by Gasteiger charge is -2.17. The predicted molar refractivity (Wildman–Crippen MR) is 78.1 cm³/mol. The number of benzene rings is 2. The van der Waals surface area contributed by atoms with E-state index >= 15 is 0 Å². The highest BCUT2D eigenvalue weighted by atomic mass is 35.5. The summed E-state index contributed by atoms with van der Waals surface area (Å²) in [6.45, 7) is 2.00. The zero-order valence-electron chi connectivity index (χ0n) is 11.1. The summed E-state index contributed by atoms with van der Waals surface area (Å²) in [5.74, 6) is -0.202. The third-order valence-electron chi connectivity index (χ3n) is 3.29. The third-order valence-corrected chi connectivity index (χ3v) is 3.71. The molecule has 0 spiro atoms. The maximum atomic E-state index is 12.9. The van der Waals surface area contributed by atoms with Crippen LogP contribution in [0.2, 0.25) is 5.02 Å². The van der Waals surface area contributed by atoms with Crippen molar-refractivity contribution in [1.29, 1.82) is 0 Å². The average Bonchev–Trinajstić information content (AvgIpc) is 2.41. The maximum absolute atomic E-state index is 12.9. The van der Waals surface area contributed by atoms with Crippen molar-refractivity contribution in [2.75, 3.05) is 7.05 Å². The first-order chi connectivity index (χ1) is 9.10. The van der Waals surface area contributed by atoms with Gasteiger partial charge in [0.15, 0.2) is 0 Å². The van der Waals surface area contributed by atoms with Gasteiger partial charge in [-0.05, 0) is 55.3 Å². The molecule has 0 aliphatic rings. The fourth-order valence-corrected chi connectivity index (χ4v) is 2.24. The zero-order chi connectivity index (χ0) is 13.8. The minimum absolute atomic E-state index is 0.196. The van der Waals surface area contributed by atoms with E-state index in [0.29, 0.717) is 0 Å². The first kappa shape index (κ1) is 14.0. The molecule has 1 N–H and O–H groups in total. The van der Waals surface area contributed by atoms with Gasteiger partial charge >= 0.3 is 0 Å². The van der Waals surface area contributed by atoms with Crippen molar-refractivity contribution < 1.29 is 4.39 Å². The quantitative estimate of drug-likeness (QED) is 0.879. The Morgan fingerprint density at radius 3 is 2.42 bits per heavy atom. The van der Waals surface area contributed by atoms with Crippen molar-refractivity contribution in [3.05, 3.63) is 70.0 Å². The minimum Gasteiger partial charge on any atom is -0.313 e. The van der Waals surface area contributed by atoms with E-state index in [9.17, 15) is 4.39 Å². The number of nitrogens with one attached hydrogen (secondary N) is 1. The molecule has 19 heavy (non-hydrogen) atoms. The van der Waals surface area contributed by atoms with Crippen molar-refractivity contribution in [1.82, 2.24) is 5.32 Å². The fourth-order valence-electron chi connectivity index (χ4n) is 2.13. The SMILES string of the molecule is CNC(Cc1ccc(F)cc1)c1ccc(Cl)c(C)c1. The molecule has 3 heteroatoms. The Kier molecular flexibility index (Phi) is 4.56. The summed E-state index contributed by atoms with van der Waals surface area (Å²) in [6, 6.07) is 12.9. The molecule has 0 saturated carbocycles. The Hall–Kier alpha value is -1.38. The van der Waals surface area contributed by atoms with Gasteiger partial charge in [-0.3, -0.25) is 0 Å². The fraction of sp³-hybridized carbons (Fsp3) is 0.250. The van der Waals surface area contributed by atoms with Gasteiger partial charge in [-0.2, -0.15) is 0 Å². The van der Waals surface area contributed by atoms with E-state index in [1.807, 2.05) is 38.2 Å². The van der Waals surface area contributed by atoms with Crippen LogP contribution < -0.4 is 5.32 Å². The van der Waals surface area contributed by atoms with E-state index in [1.54, 1.807) is 0 Å². The number of halogens is 2. The number of rotatable bonds is 4. The van der Waals surface area contributed by atoms with Crippen LogP contribution in [0.3, 0.4) is 0 Å². The molecule has 0 aliphatic carbocycles. The molecule has 0 fully saturated rings. The van der Waals surface area contributed by atoms with Crippen LogP contribution in [-0.4, -0.2) is 7.05 Å². The largest absolute Gasteiger partial charge is 0.313 e.